The Morgan fingerprint density at radius 2 is 2.46 bits per heavy atom. The van der Waals surface area contributed by atoms with E-state index in [1.165, 1.54) is 7.11 Å². The number of methoxy groups -OCH3 is 1. The van der Waals surface area contributed by atoms with Crippen molar-refractivity contribution >= 4 is 11.9 Å². The summed E-state index contributed by atoms with van der Waals surface area (Å²) in [4.78, 5) is 21.9. The molecule has 0 aromatic heterocycles. The van der Waals surface area contributed by atoms with Crippen LogP contribution in [0.3, 0.4) is 0 Å². The molecule has 0 spiro atoms. The normalized spacial score (nSPS) is 24.8. The third-order valence-corrected chi connectivity index (χ3v) is 2.03. The van der Waals surface area contributed by atoms with Crippen molar-refractivity contribution in [1.82, 2.24) is 0 Å². The second-order valence-corrected chi connectivity index (χ2v) is 2.88. The zero-order chi connectivity index (χ0) is 9.84. The standard InChI is InChI=1S/C8H12O5/c1-12-8(11)6(9)5-3-2-4-13-7(5)10/h5-6,9H,2-4H2,1H3. The smallest absolute Gasteiger partial charge is 0.335 e. The number of carbonyl (C=O) groups is 2. The number of aliphatic hydroxyl groups excluding tert-OH is 1. The van der Waals surface area contributed by atoms with Crippen molar-refractivity contribution in [2.45, 2.75) is 18.9 Å². The Labute approximate surface area is 75.6 Å². The third-order valence-electron chi connectivity index (χ3n) is 2.03. The van der Waals surface area contributed by atoms with Gasteiger partial charge in [0.2, 0.25) is 0 Å². The molecule has 2 unspecified atom stereocenters. The van der Waals surface area contributed by atoms with Crippen molar-refractivity contribution in [2.24, 2.45) is 5.92 Å². The van der Waals surface area contributed by atoms with Gasteiger partial charge >= 0.3 is 11.9 Å². The first-order valence-electron chi connectivity index (χ1n) is 4.09. The predicted molar refractivity (Wildman–Crippen MR) is 41.7 cm³/mol. The maximum Gasteiger partial charge on any atom is 0.335 e. The van der Waals surface area contributed by atoms with E-state index in [-0.39, 0.29) is 0 Å². The van der Waals surface area contributed by atoms with Crippen molar-refractivity contribution in [3.05, 3.63) is 0 Å². The van der Waals surface area contributed by atoms with E-state index in [9.17, 15) is 14.7 Å². The van der Waals surface area contributed by atoms with Crippen molar-refractivity contribution in [1.29, 1.82) is 0 Å². The lowest BCUT2D eigenvalue weighted by molar-refractivity contribution is -0.168. The van der Waals surface area contributed by atoms with Crippen LogP contribution in [0.25, 0.3) is 0 Å². The lowest BCUT2D eigenvalue weighted by Crippen LogP contribution is -2.39. The summed E-state index contributed by atoms with van der Waals surface area (Å²) in [7, 11) is 1.17. The summed E-state index contributed by atoms with van der Waals surface area (Å²) in [6.07, 6.45) is -0.252. The molecule has 1 heterocycles. The number of rotatable bonds is 2. The summed E-state index contributed by atoms with van der Waals surface area (Å²) in [6, 6.07) is 0. The number of esters is 2. The summed E-state index contributed by atoms with van der Waals surface area (Å²) < 4.78 is 9.02. The van der Waals surface area contributed by atoms with Crippen LogP contribution < -0.4 is 0 Å². The molecule has 1 fully saturated rings. The van der Waals surface area contributed by atoms with Crippen LogP contribution in [0.1, 0.15) is 12.8 Å². The molecule has 0 saturated carbocycles. The van der Waals surface area contributed by atoms with Crippen LogP contribution in [0.2, 0.25) is 0 Å². The summed E-state index contributed by atoms with van der Waals surface area (Å²) in [5.41, 5.74) is 0. The Balaban J connectivity index is 2.58. The van der Waals surface area contributed by atoms with Gasteiger partial charge in [-0.15, -0.1) is 0 Å². The molecule has 0 amide bonds. The van der Waals surface area contributed by atoms with E-state index in [1.54, 1.807) is 0 Å². The minimum Gasteiger partial charge on any atom is -0.467 e. The van der Waals surface area contributed by atoms with Gasteiger partial charge in [0, 0.05) is 0 Å². The van der Waals surface area contributed by atoms with E-state index in [2.05, 4.69) is 4.74 Å². The molecule has 0 bridgehead atoms. The monoisotopic (exact) mass is 188 g/mol. The van der Waals surface area contributed by atoms with E-state index < -0.39 is 24.0 Å². The second kappa shape index (κ2) is 4.23. The van der Waals surface area contributed by atoms with E-state index in [0.717, 1.165) is 0 Å². The molecule has 0 aromatic carbocycles. The van der Waals surface area contributed by atoms with E-state index in [0.29, 0.717) is 19.4 Å². The molecular formula is C8H12O5. The molecule has 5 heteroatoms. The molecule has 1 aliphatic rings. The predicted octanol–water partition coefficient (Wildman–Crippen LogP) is -0.527. The highest BCUT2D eigenvalue weighted by molar-refractivity contribution is 5.83. The van der Waals surface area contributed by atoms with Crippen LogP contribution in [0, 0.1) is 5.92 Å². The van der Waals surface area contributed by atoms with Gasteiger partial charge in [-0.05, 0) is 12.8 Å². The lowest BCUT2D eigenvalue weighted by atomic mass is 9.95. The minimum absolute atomic E-state index is 0.364. The van der Waals surface area contributed by atoms with Crippen LogP contribution in [0.4, 0.5) is 0 Å². The molecule has 1 N–H and O–H groups in total. The molecule has 2 atom stereocenters. The van der Waals surface area contributed by atoms with Crippen LogP contribution in [-0.2, 0) is 19.1 Å². The zero-order valence-electron chi connectivity index (χ0n) is 7.36. The van der Waals surface area contributed by atoms with Crippen LogP contribution in [-0.4, -0.2) is 36.9 Å². The summed E-state index contributed by atoms with van der Waals surface area (Å²) in [5.74, 6) is -2.07. The van der Waals surface area contributed by atoms with Gasteiger partial charge in [-0.2, -0.15) is 0 Å². The highest BCUT2D eigenvalue weighted by atomic mass is 16.5. The summed E-state index contributed by atoms with van der Waals surface area (Å²) in [5, 5.41) is 9.34. The fourth-order valence-electron chi connectivity index (χ4n) is 1.27. The first-order chi connectivity index (χ1) is 6.16. The Morgan fingerprint density at radius 1 is 1.77 bits per heavy atom. The molecule has 13 heavy (non-hydrogen) atoms. The first-order valence-corrected chi connectivity index (χ1v) is 4.09. The fourth-order valence-corrected chi connectivity index (χ4v) is 1.27. The third kappa shape index (κ3) is 2.18. The topological polar surface area (TPSA) is 72.8 Å². The molecule has 74 valence electrons. The maximum atomic E-state index is 11.1. The van der Waals surface area contributed by atoms with E-state index >= 15 is 0 Å². The molecular weight excluding hydrogens is 176 g/mol. The highest BCUT2D eigenvalue weighted by Crippen LogP contribution is 2.19. The van der Waals surface area contributed by atoms with Crippen molar-refractivity contribution in [3.8, 4) is 0 Å². The summed E-state index contributed by atoms with van der Waals surface area (Å²) >= 11 is 0. The van der Waals surface area contributed by atoms with Gasteiger partial charge in [-0.3, -0.25) is 4.79 Å². The molecule has 1 saturated heterocycles. The van der Waals surface area contributed by atoms with Gasteiger partial charge < -0.3 is 14.6 Å². The minimum atomic E-state index is -1.39. The van der Waals surface area contributed by atoms with Crippen molar-refractivity contribution in [3.63, 3.8) is 0 Å². The lowest BCUT2D eigenvalue weighted by Gasteiger charge is -2.23. The van der Waals surface area contributed by atoms with Gasteiger partial charge in [-0.25, -0.2) is 4.79 Å². The second-order valence-electron chi connectivity index (χ2n) is 2.88. The molecule has 5 nitrogen and oxygen atoms in total. The van der Waals surface area contributed by atoms with Gasteiger partial charge in [0.25, 0.3) is 0 Å². The average Bonchev–Trinajstić information content (AvgIpc) is 2.16. The molecule has 1 rings (SSSR count). The average molecular weight is 188 g/mol. The number of hydrogen-bond donors (Lipinski definition) is 1. The van der Waals surface area contributed by atoms with Gasteiger partial charge in [-0.1, -0.05) is 0 Å². The zero-order valence-corrected chi connectivity index (χ0v) is 7.36. The number of hydrogen-bond acceptors (Lipinski definition) is 5. The molecule has 0 aromatic rings. The molecule has 1 aliphatic heterocycles. The largest absolute Gasteiger partial charge is 0.467 e. The van der Waals surface area contributed by atoms with Crippen molar-refractivity contribution < 1.29 is 24.2 Å². The van der Waals surface area contributed by atoms with E-state index in [4.69, 9.17) is 4.74 Å². The fraction of sp³-hybridized carbons (Fsp3) is 0.750. The Morgan fingerprint density at radius 3 is 3.00 bits per heavy atom. The van der Waals surface area contributed by atoms with E-state index in [1.807, 2.05) is 0 Å². The number of cyclic esters (lactones) is 1. The molecule has 0 radical (unpaired) electrons. The number of aliphatic hydroxyl groups is 1. The number of ether oxygens (including phenoxy) is 2. The van der Waals surface area contributed by atoms with Gasteiger partial charge in [0.1, 0.15) is 0 Å². The summed E-state index contributed by atoms with van der Waals surface area (Å²) in [6.45, 7) is 0.364. The maximum absolute atomic E-state index is 11.1. The number of carbonyl (C=O) groups excluding carboxylic acids is 2. The molecule has 0 aliphatic carbocycles. The Hall–Kier alpha value is -1.10. The van der Waals surface area contributed by atoms with Gasteiger partial charge in [0.15, 0.2) is 6.10 Å². The van der Waals surface area contributed by atoms with Gasteiger partial charge in [0.05, 0.1) is 19.6 Å². The first kappa shape index (κ1) is 9.98. The highest BCUT2D eigenvalue weighted by Gasteiger charge is 2.35. The Kier molecular flexibility index (Phi) is 3.25. The van der Waals surface area contributed by atoms with Crippen LogP contribution >= 0.6 is 0 Å². The Bertz CT molecular complexity index is 213. The quantitative estimate of drug-likeness (QED) is 0.590. The van der Waals surface area contributed by atoms with Crippen LogP contribution in [0.15, 0.2) is 0 Å². The van der Waals surface area contributed by atoms with Crippen molar-refractivity contribution in [2.75, 3.05) is 13.7 Å². The van der Waals surface area contributed by atoms with Crippen LogP contribution in [0.5, 0.6) is 0 Å². The SMILES string of the molecule is COC(=O)C(O)C1CCCOC1=O.